The zero-order chi connectivity index (χ0) is 22.9. The molecule has 2 aliphatic rings. The molecule has 0 aliphatic carbocycles. The summed E-state index contributed by atoms with van der Waals surface area (Å²) in [6, 6.07) is 6.40. The highest BCUT2D eigenvalue weighted by Gasteiger charge is 2.35. The van der Waals surface area contributed by atoms with Crippen molar-refractivity contribution in [3.05, 3.63) is 53.3 Å². The molecule has 0 saturated carbocycles. The van der Waals surface area contributed by atoms with E-state index in [1.54, 1.807) is 18.2 Å². The van der Waals surface area contributed by atoms with Crippen LogP contribution in [0, 0.1) is 5.82 Å². The molecule has 2 aliphatic heterocycles. The van der Waals surface area contributed by atoms with Gasteiger partial charge in [0.05, 0.1) is 23.7 Å². The van der Waals surface area contributed by atoms with Gasteiger partial charge in [0, 0.05) is 25.7 Å². The normalized spacial score (nSPS) is 18.0. The molecule has 174 valence electrons. The number of sulfonamides is 1. The quantitative estimate of drug-likeness (QED) is 0.647. The summed E-state index contributed by atoms with van der Waals surface area (Å²) in [6.45, 7) is 1.95. The molecule has 0 spiro atoms. The maximum atomic E-state index is 13.6. The van der Waals surface area contributed by atoms with E-state index in [0.717, 1.165) is 11.6 Å². The smallest absolute Gasteiger partial charge is 0.419 e. The summed E-state index contributed by atoms with van der Waals surface area (Å²) in [7, 11) is -4.34. The van der Waals surface area contributed by atoms with Gasteiger partial charge in [-0.25, -0.2) is 17.5 Å². The lowest BCUT2D eigenvalue weighted by Crippen LogP contribution is -2.43. The Labute approximate surface area is 181 Å². The second kappa shape index (κ2) is 8.85. The molecular formula is C20H20F4N2O5S. The summed E-state index contributed by atoms with van der Waals surface area (Å²) < 4.78 is 96.5. The van der Waals surface area contributed by atoms with Crippen molar-refractivity contribution >= 4 is 10.0 Å². The van der Waals surface area contributed by atoms with Crippen molar-refractivity contribution < 1.29 is 40.2 Å². The van der Waals surface area contributed by atoms with Gasteiger partial charge in [0.15, 0.2) is 11.5 Å². The third-order valence-electron chi connectivity index (χ3n) is 5.29. The first kappa shape index (κ1) is 22.8. The lowest BCUT2D eigenvalue weighted by Gasteiger charge is -2.35. The van der Waals surface area contributed by atoms with Gasteiger partial charge < -0.3 is 14.2 Å². The second-order valence-corrected chi connectivity index (χ2v) is 9.04. The Morgan fingerprint density at radius 2 is 1.75 bits per heavy atom. The number of halogens is 4. The molecule has 1 N–H and O–H groups in total. The maximum Gasteiger partial charge on any atom is 0.419 e. The van der Waals surface area contributed by atoms with Gasteiger partial charge in [0.25, 0.3) is 0 Å². The number of fused-ring (bicyclic) bond motifs is 1. The zero-order valence-corrected chi connectivity index (χ0v) is 17.5. The molecule has 32 heavy (non-hydrogen) atoms. The highest BCUT2D eigenvalue weighted by atomic mass is 32.2. The summed E-state index contributed by atoms with van der Waals surface area (Å²) in [5.74, 6) is -0.443. The lowest BCUT2D eigenvalue weighted by atomic mass is 10.0. The van der Waals surface area contributed by atoms with E-state index in [4.69, 9.17) is 14.2 Å². The van der Waals surface area contributed by atoms with Crippen LogP contribution in [0.25, 0.3) is 0 Å². The van der Waals surface area contributed by atoms with Gasteiger partial charge in [-0.05, 0) is 35.9 Å². The van der Waals surface area contributed by atoms with E-state index in [0.29, 0.717) is 49.9 Å². The summed E-state index contributed by atoms with van der Waals surface area (Å²) in [4.78, 5) is 1.34. The van der Waals surface area contributed by atoms with Gasteiger partial charge in [-0.2, -0.15) is 13.2 Å². The molecule has 0 amide bonds. The molecule has 1 fully saturated rings. The SMILES string of the molecule is O=S(=O)(NC[C@H](c1ccc2c(c1)OCO2)N1CCOCC1)c1ccc(F)c(C(F)(F)F)c1. The van der Waals surface area contributed by atoms with Gasteiger partial charge in [0.2, 0.25) is 16.8 Å². The predicted octanol–water partition coefficient (Wildman–Crippen LogP) is 2.93. The molecule has 0 unspecified atom stereocenters. The van der Waals surface area contributed by atoms with Crippen molar-refractivity contribution in [3.8, 4) is 11.5 Å². The molecule has 1 atom stereocenters. The number of hydrogen-bond acceptors (Lipinski definition) is 6. The minimum atomic E-state index is -5.02. The summed E-state index contributed by atoms with van der Waals surface area (Å²) >= 11 is 0. The molecule has 4 rings (SSSR count). The van der Waals surface area contributed by atoms with Crippen molar-refractivity contribution in [2.75, 3.05) is 39.6 Å². The molecule has 7 nitrogen and oxygen atoms in total. The van der Waals surface area contributed by atoms with E-state index in [1.165, 1.54) is 0 Å². The zero-order valence-electron chi connectivity index (χ0n) is 16.7. The van der Waals surface area contributed by atoms with Crippen LogP contribution in [0.3, 0.4) is 0 Å². The Hall–Kier alpha value is -2.41. The van der Waals surface area contributed by atoms with Crippen LogP contribution in [-0.4, -0.2) is 53.0 Å². The van der Waals surface area contributed by atoms with E-state index in [2.05, 4.69) is 4.72 Å². The number of morpholine rings is 1. The van der Waals surface area contributed by atoms with Crippen LogP contribution in [0.4, 0.5) is 17.6 Å². The van der Waals surface area contributed by atoms with E-state index in [1.807, 2.05) is 4.90 Å². The van der Waals surface area contributed by atoms with Crippen LogP contribution >= 0.6 is 0 Å². The minimum Gasteiger partial charge on any atom is -0.454 e. The lowest BCUT2D eigenvalue weighted by molar-refractivity contribution is -0.140. The summed E-state index contributed by atoms with van der Waals surface area (Å²) in [5, 5.41) is 0. The standard InChI is InChI=1S/C20H20F4N2O5S/c21-16-3-2-14(10-15(16)20(22,23)24)32(27,28)25-11-17(26-5-7-29-8-6-26)13-1-4-18-19(9-13)31-12-30-18/h1-4,9-10,17,25H,5-8,11-12H2/t17-/m1/s1. The average Bonchev–Trinajstić information content (AvgIpc) is 3.22. The van der Waals surface area contributed by atoms with Crippen LogP contribution in [0.2, 0.25) is 0 Å². The minimum absolute atomic E-state index is 0.0831. The van der Waals surface area contributed by atoms with E-state index >= 15 is 0 Å². The van der Waals surface area contributed by atoms with Crippen molar-refractivity contribution in [1.82, 2.24) is 9.62 Å². The molecule has 2 aromatic rings. The van der Waals surface area contributed by atoms with Gasteiger partial charge >= 0.3 is 6.18 Å². The number of ether oxygens (including phenoxy) is 3. The van der Waals surface area contributed by atoms with Crippen molar-refractivity contribution in [3.63, 3.8) is 0 Å². The highest BCUT2D eigenvalue weighted by Crippen LogP contribution is 2.36. The molecule has 2 heterocycles. The molecule has 0 radical (unpaired) electrons. The molecule has 2 aromatic carbocycles. The first-order valence-electron chi connectivity index (χ1n) is 9.73. The third-order valence-corrected chi connectivity index (χ3v) is 6.71. The van der Waals surface area contributed by atoms with Gasteiger partial charge in [-0.1, -0.05) is 6.07 Å². The van der Waals surface area contributed by atoms with Crippen molar-refractivity contribution in [2.24, 2.45) is 0 Å². The summed E-state index contributed by atoms with van der Waals surface area (Å²) in [6.07, 6.45) is -5.02. The Kier molecular flexibility index (Phi) is 6.30. The van der Waals surface area contributed by atoms with Crippen molar-refractivity contribution in [1.29, 1.82) is 0 Å². The molecule has 1 saturated heterocycles. The predicted molar refractivity (Wildman–Crippen MR) is 104 cm³/mol. The fraction of sp³-hybridized carbons (Fsp3) is 0.400. The molecular weight excluding hydrogens is 456 g/mol. The fourth-order valence-corrected chi connectivity index (χ4v) is 4.69. The van der Waals surface area contributed by atoms with E-state index in [9.17, 15) is 26.0 Å². The van der Waals surface area contributed by atoms with Gasteiger partial charge in [-0.3, -0.25) is 4.90 Å². The Morgan fingerprint density at radius 1 is 1.03 bits per heavy atom. The fourth-order valence-electron chi connectivity index (χ4n) is 3.63. The summed E-state index contributed by atoms with van der Waals surface area (Å²) in [5.41, 5.74) is -0.894. The van der Waals surface area contributed by atoms with E-state index < -0.39 is 38.5 Å². The topological polar surface area (TPSA) is 77.1 Å². The van der Waals surface area contributed by atoms with Gasteiger partial charge in [0.1, 0.15) is 5.82 Å². The molecule has 12 heteroatoms. The highest BCUT2D eigenvalue weighted by molar-refractivity contribution is 7.89. The number of hydrogen-bond donors (Lipinski definition) is 1. The number of benzene rings is 2. The first-order chi connectivity index (χ1) is 15.1. The van der Waals surface area contributed by atoms with Crippen LogP contribution in [-0.2, 0) is 20.9 Å². The monoisotopic (exact) mass is 476 g/mol. The van der Waals surface area contributed by atoms with Gasteiger partial charge in [-0.15, -0.1) is 0 Å². The Bertz CT molecular complexity index is 1090. The molecule has 0 bridgehead atoms. The third kappa shape index (κ3) is 4.82. The van der Waals surface area contributed by atoms with Crippen LogP contribution < -0.4 is 14.2 Å². The van der Waals surface area contributed by atoms with Crippen LogP contribution in [0.5, 0.6) is 11.5 Å². The first-order valence-corrected chi connectivity index (χ1v) is 11.2. The second-order valence-electron chi connectivity index (χ2n) is 7.27. The van der Waals surface area contributed by atoms with Crippen molar-refractivity contribution in [2.45, 2.75) is 17.1 Å². The maximum absolute atomic E-state index is 13.6. The number of nitrogens with zero attached hydrogens (tertiary/aromatic N) is 1. The average molecular weight is 476 g/mol. The number of alkyl halides is 3. The Balaban J connectivity index is 1.59. The largest absolute Gasteiger partial charge is 0.454 e. The van der Waals surface area contributed by atoms with Crippen LogP contribution in [0.15, 0.2) is 41.3 Å². The van der Waals surface area contributed by atoms with Crippen LogP contribution in [0.1, 0.15) is 17.2 Å². The number of nitrogens with one attached hydrogen (secondary N) is 1. The number of rotatable bonds is 6. The Morgan fingerprint density at radius 3 is 2.47 bits per heavy atom. The molecule has 0 aromatic heterocycles. The van der Waals surface area contributed by atoms with E-state index in [-0.39, 0.29) is 13.3 Å².